The van der Waals surface area contributed by atoms with Gasteiger partial charge in [0, 0.05) is 17.0 Å². The van der Waals surface area contributed by atoms with E-state index in [1.807, 2.05) is 31.2 Å². The van der Waals surface area contributed by atoms with Gasteiger partial charge in [-0.05, 0) is 37.4 Å². The van der Waals surface area contributed by atoms with Crippen molar-refractivity contribution in [1.82, 2.24) is 4.98 Å². The van der Waals surface area contributed by atoms with Crippen LogP contribution >= 0.6 is 0 Å². The van der Waals surface area contributed by atoms with Crippen molar-refractivity contribution >= 4 is 10.8 Å². The monoisotopic (exact) mass is 323 g/mol. The Morgan fingerprint density at radius 3 is 2.42 bits per heavy atom. The minimum absolute atomic E-state index is 0.579. The Bertz CT molecular complexity index is 874. The van der Waals surface area contributed by atoms with Gasteiger partial charge in [-0.1, -0.05) is 23.8 Å². The van der Waals surface area contributed by atoms with E-state index in [1.54, 1.807) is 14.2 Å². The third-order valence-electron chi connectivity index (χ3n) is 3.91. The first-order valence-corrected chi connectivity index (χ1v) is 7.93. The van der Waals surface area contributed by atoms with Crippen molar-refractivity contribution in [3.63, 3.8) is 0 Å². The second-order valence-corrected chi connectivity index (χ2v) is 5.54. The summed E-state index contributed by atoms with van der Waals surface area (Å²) < 4.78 is 16.4. The number of fused-ring (bicyclic) bond motifs is 1. The number of aryl methyl sites for hydroxylation is 1. The molecule has 0 saturated carbocycles. The van der Waals surface area contributed by atoms with Crippen LogP contribution < -0.4 is 14.2 Å². The minimum atomic E-state index is 0.579. The molecule has 4 nitrogen and oxygen atoms in total. The number of benzene rings is 2. The molecule has 0 atom stereocenters. The van der Waals surface area contributed by atoms with Crippen molar-refractivity contribution in [2.75, 3.05) is 20.8 Å². The van der Waals surface area contributed by atoms with Crippen LogP contribution in [0.3, 0.4) is 0 Å². The van der Waals surface area contributed by atoms with Crippen molar-refractivity contribution in [3.8, 4) is 28.6 Å². The van der Waals surface area contributed by atoms with Gasteiger partial charge in [0.2, 0.25) is 5.88 Å². The lowest BCUT2D eigenvalue weighted by Crippen LogP contribution is -1.97. The fourth-order valence-electron chi connectivity index (χ4n) is 2.78. The second kappa shape index (κ2) is 6.79. The molecule has 4 heteroatoms. The first kappa shape index (κ1) is 16.1. The molecular weight excluding hydrogens is 302 g/mol. The van der Waals surface area contributed by atoms with Crippen LogP contribution in [-0.4, -0.2) is 25.8 Å². The largest absolute Gasteiger partial charge is 0.493 e. The quantitative estimate of drug-likeness (QED) is 0.686. The van der Waals surface area contributed by atoms with Crippen LogP contribution in [0.2, 0.25) is 0 Å². The van der Waals surface area contributed by atoms with Crippen LogP contribution in [0, 0.1) is 6.92 Å². The molecule has 0 radical (unpaired) electrons. The highest BCUT2D eigenvalue weighted by Crippen LogP contribution is 2.36. The third-order valence-corrected chi connectivity index (χ3v) is 3.91. The molecule has 0 saturated heterocycles. The molecule has 3 rings (SSSR count). The Hall–Kier alpha value is -2.75. The highest BCUT2D eigenvalue weighted by atomic mass is 16.5. The van der Waals surface area contributed by atoms with Gasteiger partial charge in [0.05, 0.1) is 26.5 Å². The lowest BCUT2D eigenvalue weighted by Gasteiger charge is -2.13. The van der Waals surface area contributed by atoms with Gasteiger partial charge in [-0.2, -0.15) is 0 Å². The molecule has 3 aromatic rings. The lowest BCUT2D eigenvalue weighted by molar-refractivity contribution is 0.328. The molecule has 0 unspecified atom stereocenters. The number of rotatable bonds is 5. The Balaban J connectivity index is 2.24. The van der Waals surface area contributed by atoms with Gasteiger partial charge in [0.15, 0.2) is 11.5 Å². The molecule has 0 amide bonds. The highest BCUT2D eigenvalue weighted by Gasteiger charge is 2.12. The van der Waals surface area contributed by atoms with E-state index in [9.17, 15) is 0 Å². The summed E-state index contributed by atoms with van der Waals surface area (Å²) >= 11 is 0. The van der Waals surface area contributed by atoms with E-state index >= 15 is 0 Å². The normalized spacial score (nSPS) is 10.7. The fraction of sp³-hybridized carbons (Fsp3) is 0.250. The van der Waals surface area contributed by atoms with Crippen molar-refractivity contribution in [3.05, 3.63) is 48.0 Å². The van der Waals surface area contributed by atoms with Crippen LogP contribution in [0.25, 0.3) is 22.0 Å². The van der Waals surface area contributed by atoms with E-state index in [4.69, 9.17) is 19.2 Å². The van der Waals surface area contributed by atoms with Gasteiger partial charge in [0.25, 0.3) is 0 Å². The molecule has 1 aromatic heterocycles. The number of nitrogens with zero attached hydrogens (tertiary/aromatic N) is 1. The topological polar surface area (TPSA) is 40.6 Å². The lowest BCUT2D eigenvalue weighted by atomic mass is 10.0. The molecule has 1 heterocycles. The summed E-state index contributed by atoms with van der Waals surface area (Å²) in [5.74, 6) is 2.00. The van der Waals surface area contributed by atoms with Crippen LogP contribution in [-0.2, 0) is 0 Å². The number of pyridine rings is 1. The third kappa shape index (κ3) is 3.00. The van der Waals surface area contributed by atoms with Crippen LogP contribution in [0.5, 0.6) is 17.4 Å². The molecule has 2 aromatic carbocycles. The van der Waals surface area contributed by atoms with Gasteiger partial charge in [-0.3, -0.25) is 0 Å². The van der Waals surface area contributed by atoms with Crippen molar-refractivity contribution in [2.45, 2.75) is 13.8 Å². The number of ether oxygens (including phenoxy) is 3. The predicted octanol–water partition coefficient (Wildman–Crippen LogP) is 4.63. The molecule has 0 aliphatic heterocycles. The minimum Gasteiger partial charge on any atom is -0.493 e. The average Bonchev–Trinajstić information content (AvgIpc) is 2.60. The van der Waals surface area contributed by atoms with Gasteiger partial charge in [-0.15, -0.1) is 0 Å². The molecule has 0 N–H and O–H groups in total. The number of aromatic nitrogens is 1. The van der Waals surface area contributed by atoms with Crippen LogP contribution in [0.15, 0.2) is 42.5 Å². The zero-order chi connectivity index (χ0) is 17.1. The van der Waals surface area contributed by atoms with Gasteiger partial charge >= 0.3 is 0 Å². The number of hydrogen-bond donors (Lipinski definition) is 0. The molecule has 124 valence electrons. The second-order valence-electron chi connectivity index (χ2n) is 5.54. The Morgan fingerprint density at radius 1 is 0.917 bits per heavy atom. The maximum absolute atomic E-state index is 5.65. The van der Waals surface area contributed by atoms with E-state index in [-0.39, 0.29) is 0 Å². The molecule has 0 fully saturated rings. The Labute approximate surface area is 142 Å². The van der Waals surface area contributed by atoms with Crippen molar-refractivity contribution < 1.29 is 14.2 Å². The zero-order valence-corrected chi connectivity index (χ0v) is 14.4. The maximum atomic E-state index is 5.65. The first-order valence-electron chi connectivity index (χ1n) is 7.93. The average molecular weight is 323 g/mol. The standard InChI is InChI=1S/C20H21NO3/c1-5-24-19-12-15-10-13(2)6-8-16(15)20(21-19)14-7-9-17(22-3)18(11-14)23-4/h6-12H,5H2,1-4H3. The van der Waals surface area contributed by atoms with E-state index in [0.29, 0.717) is 24.0 Å². The van der Waals surface area contributed by atoms with Crippen molar-refractivity contribution in [1.29, 1.82) is 0 Å². The van der Waals surface area contributed by atoms with E-state index in [1.165, 1.54) is 5.56 Å². The first-order chi connectivity index (χ1) is 11.7. The summed E-state index contributed by atoms with van der Waals surface area (Å²) in [7, 11) is 3.26. The smallest absolute Gasteiger partial charge is 0.214 e. The summed E-state index contributed by atoms with van der Waals surface area (Å²) in [6.45, 7) is 4.62. The summed E-state index contributed by atoms with van der Waals surface area (Å²) in [5.41, 5.74) is 3.04. The molecule has 0 aliphatic carbocycles. The Morgan fingerprint density at radius 2 is 1.71 bits per heavy atom. The van der Waals surface area contributed by atoms with E-state index in [0.717, 1.165) is 22.0 Å². The zero-order valence-electron chi connectivity index (χ0n) is 14.4. The predicted molar refractivity (Wildman–Crippen MR) is 96.2 cm³/mol. The SMILES string of the molecule is CCOc1cc2cc(C)ccc2c(-c2ccc(OC)c(OC)c2)n1. The molecular formula is C20H21NO3. The van der Waals surface area contributed by atoms with E-state index < -0.39 is 0 Å². The van der Waals surface area contributed by atoms with Crippen LogP contribution in [0.4, 0.5) is 0 Å². The van der Waals surface area contributed by atoms with Gasteiger partial charge in [-0.25, -0.2) is 4.98 Å². The molecule has 24 heavy (non-hydrogen) atoms. The molecule has 0 spiro atoms. The van der Waals surface area contributed by atoms with Gasteiger partial charge in [0.1, 0.15) is 0 Å². The summed E-state index contributed by atoms with van der Waals surface area (Å²) in [5, 5.41) is 2.19. The number of methoxy groups -OCH3 is 2. The summed E-state index contributed by atoms with van der Waals surface area (Å²) in [6, 6.07) is 14.1. The Kier molecular flexibility index (Phi) is 4.56. The fourth-order valence-corrected chi connectivity index (χ4v) is 2.78. The maximum Gasteiger partial charge on any atom is 0.214 e. The highest BCUT2D eigenvalue weighted by molar-refractivity contribution is 5.96. The van der Waals surface area contributed by atoms with Gasteiger partial charge < -0.3 is 14.2 Å². The summed E-state index contributed by atoms with van der Waals surface area (Å²) in [6.07, 6.45) is 0. The van der Waals surface area contributed by atoms with Crippen LogP contribution in [0.1, 0.15) is 12.5 Å². The van der Waals surface area contributed by atoms with E-state index in [2.05, 4.69) is 25.1 Å². The molecule has 0 aliphatic rings. The summed E-state index contributed by atoms with van der Waals surface area (Å²) in [4.78, 5) is 4.70. The molecule has 0 bridgehead atoms. The van der Waals surface area contributed by atoms with Crippen molar-refractivity contribution in [2.24, 2.45) is 0 Å². The number of hydrogen-bond acceptors (Lipinski definition) is 4.